The molecule has 1 amide bonds. The Hall–Kier alpha value is -4.08. The fourth-order valence-corrected chi connectivity index (χ4v) is 4.08. The van der Waals surface area contributed by atoms with Gasteiger partial charge in [-0.15, -0.1) is 0 Å². The minimum atomic E-state index is -0.487. The van der Waals surface area contributed by atoms with Crippen molar-refractivity contribution in [3.63, 3.8) is 0 Å². The second-order valence-electron chi connectivity index (χ2n) is 7.94. The van der Waals surface area contributed by atoms with Crippen LogP contribution in [0.15, 0.2) is 88.9 Å². The van der Waals surface area contributed by atoms with E-state index in [0.29, 0.717) is 33.8 Å². The van der Waals surface area contributed by atoms with Crippen LogP contribution in [0.2, 0.25) is 0 Å². The van der Waals surface area contributed by atoms with Crippen LogP contribution in [-0.4, -0.2) is 13.0 Å². The second kappa shape index (κ2) is 10.9. The number of nitriles is 1. The van der Waals surface area contributed by atoms with Gasteiger partial charge in [0.15, 0.2) is 11.5 Å². The lowest BCUT2D eigenvalue weighted by Crippen LogP contribution is -2.13. The minimum absolute atomic E-state index is 0.0299. The van der Waals surface area contributed by atoms with Crippen LogP contribution >= 0.6 is 15.9 Å². The van der Waals surface area contributed by atoms with Gasteiger partial charge in [-0.1, -0.05) is 76.1 Å². The van der Waals surface area contributed by atoms with Crippen molar-refractivity contribution in [1.29, 1.82) is 5.26 Å². The van der Waals surface area contributed by atoms with E-state index in [1.165, 1.54) is 6.08 Å². The quantitative estimate of drug-likeness (QED) is 0.207. The van der Waals surface area contributed by atoms with Gasteiger partial charge in [0, 0.05) is 10.2 Å². The molecule has 0 fully saturated rings. The first-order valence-electron chi connectivity index (χ1n) is 11.0. The van der Waals surface area contributed by atoms with Gasteiger partial charge in [0.25, 0.3) is 5.91 Å². The van der Waals surface area contributed by atoms with E-state index in [9.17, 15) is 10.1 Å². The van der Waals surface area contributed by atoms with Crippen LogP contribution in [0.5, 0.6) is 11.5 Å². The van der Waals surface area contributed by atoms with Crippen molar-refractivity contribution in [3.8, 4) is 17.6 Å². The number of amides is 1. The molecule has 0 aliphatic heterocycles. The van der Waals surface area contributed by atoms with Crippen LogP contribution in [-0.2, 0) is 11.4 Å². The Morgan fingerprint density at radius 1 is 1.03 bits per heavy atom. The number of aryl methyl sites for hydroxylation is 1. The van der Waals surface area contributed by atoms with Crippen molar-refractivity contribution in [2.24, 2.45) is 0 Å². The summed E-state index contributed by atoms with van der Waals surface area (Å²) in [5, 5.41) is 14.6. The van der Waals surface area contributed by atoms with Gasteiger partial charge in [-0.25, -0.2) is 0 Å². The van der Waals surface area contributed by atoms with E-state index in [-0.39, 0.29) is 5.57 Å². The lowest BCUT2D eigenvalue weighted by Gasteiger charge is -2.14. The van der Waals surface area contributed by atoms with Crippen LogP contribution in [0.4, 0.5) is 5.69 Å². The minimum Gasteiger partial charge on any atom is -0.493 e. The Bertz CT molecular complexity index is 1450. The number of anilines is 1. The molecule has 0 atom stereocenters. The van der Waals surface area contributed by atoms with E-state index in [1.54, 1.807) is 31.4 Å². The summed E-state index contributed by atoms with van der Waals surface area (Å²) in [5.74, 6) is 0.557. The normalized spacial score (nSPS) is 11.1. The Morgan fingerprint density at radius 2 is 1.77 bits per heavy atom. The average Bonchev–Trinajstić information content (AvgIpc) is 2.88. The molecule has 1 N–H and O–H groups in total. The zero-order valence-corrected chi connectivity index (χ0v) is 20.9. The number of carbonyl (C=O) groups excluding carboxylic acids is 1. The summed E-state index contributed by atoms with van der Waals surface area (Å²) < 4.78 is 12.3. The number of nitrogens with zero attached hydrogens (tertiary/aromatic N) is 1. The highest BCUT2D eigenvalue weighted by atomic mass is 79.9. The first kappa shape index (κ1) is 24.1. The summed E-state index contributed by atoms with van der Waals surface area (Å²) in [5.41, 5.74) is 3.35. The van der Waals surface area contributed by atoms with Gasteiger partial charge >= 0.3 is 0 Å². The number of methoxy groups -OCH3 is 1. The number of benzene rings is 4. The fraction of sp³-hybridized carbons (Fsp3) is 0.103. The lowest BCUT2D eigenvalue weighted by atomic mass is 10.1. The Balaban J connectivity index is 1.56. The molecule has 5 nitrogen and oxygen atoms in total. The molecule has 174 valence electrons. The van der Waals surface area contributed by atoms with Crippen molar-refractivity contribution in [1.82, 2.24) is 0 Å². The molecule has 4 aromatic rings. The van der Waals surface area contributed by atoms with E-state index in [4.69, 9.17) is 9.47 Å². The number of rotatable bonds is 7. The van der Waals surface area contributed by atoms with Crippen LogP contribution in [0.25, 0.3) is 16.8 Å². The number of carbonyl (C=O) groups is 1. The number of fused-ring (bicyclic) bond motifs is 1. The molecule has 0 unspecified atom stereocenters. The molecule has 4 rings (SSSR count). The first-order valence-corrected chi connectivity index (χ1v) is 11.7. The van der Waals surface area contributed by atoms with E-state index in [1.807, 2.05) is 49.4 Å². The van der Waals surface area contributed by atoms with Crippen molar-refractivity contribution in [2.75, 3.05) is 12.4 Å². The molecule has 0 bridgehead atoms. The third-order valence-electron chi connectivity index (χ3n) is 5.52. The average molecular weight is 527 g/mol. The Labute approximate surface area is 212 Å². The molecule has 0 aliphatic rings. The third-order valence-corrected chi connectivity index (χ3v) is 6.21. The van der Waals surface area contributed by atoms with Gasteiger partial charge in [0.1, 0.15) is 18.2 Å². The summed E-state index contributed by atoms with van der Waals surface area (Å²) in [6, 6.07) is 27.1. The molecule has 35 heavy (non-hydrogen) atoms. The number of halogens is 1. The summed E-state index contributed by atoms with van der Waals surface area (Å²) in [7, 11) is 1.55. The highest BCUT2D eigenvalue weighted by Gasteiger charge is 2.14. The maximum absolute atomic E-state index is 12.7. The molecule has 0 aliphatic carbocycles. The molecule has 4 aromatic carbocycles. The fourth-order valence-electron chi connectivity index (χ4n) is 3.65. The molecule has 6 heteroatoms. The van der Waals surface area contributed by atoms with Gasteiger partial charge in [-0.2, -0.15) is 5.26 Å². The van der Waals surface area contributed by atoms with E-state index < -0.39 is 5.91 Å². The summed E-state index contributed by atoms with van der Waals surface area (Å²) in [6.07, 6.45) is 1.52. The van der Waals surface area contributed by atoms with Crippen molar-refractivity contribution in [2.45, 2.75) is 13.5 Å². The third kappa shape index (κ3) is 5.71. The Kier molecular flexibility index (Phi) is 7.49. The smallest absolute Gasteiger partial charge is 0.266 e. The molecule has 0 heterocycles. The van der Waals surface area contributed by atoms with E-state index >= 15 is 0 Å². The van der Waals surface area contributed by atoms with Crippen LogP contribution < -0.4 is 14.8 Å². The predicted octanol–water partition coefficient (Wildman–Crippen LogP) is 7.04. The monoisotopic (exact) mass is 526 g/mol. The van der Waals surface area contributed by atoms with Gasteiger partial charge < -0.3 is 14.8 Å². The van der Waals surface area contributed by atoms with E-state index in [0.717, 1.165) is 21.9 Å². The van der Waals surface area contributed by atoms with Gasteiger partial charge in [-0.3, -0.25) is 4.79 Å². The SMILES string of the molecule is COc1cc(/C=C(\C#N)C(=O)Nc2ccc(C)cc2)c(Br)cc1OCc1cccc2ccccc12. The maximum Gasteiger partial charge on any atom is 0.266 e. The Morgan fingerprint density at radius 3 is 2.51 bits per heavy atom. The largest absolute Gasteiger partial charge is 0.493 e. The highest BCUT2D eigenvalue weighted by Crippen LogP contribution is 2.35. The number of ether oxygens (including phenoxy) is 2. The summed E-state index contributed by atoms with van der Waals surface area (Å²) in [4.78, 5) is 12.7. The standard InChI is InChI=1S/C29H23BrN2O3/c1-19-10-12-24(13-11-19)32-29(33)23(17-31)14-22-15-27(34-2)28(16-26(22)30)35-18-21-8-5-7-20-6-3-4-9-25(20)21/h3-16H,18H2,1-2H3,(H,32,33)/b23-14+. The second-order valence-corrected chi connectivity index (χ2v) is 8.80. The predicted molar refractivity (Wildman–Crippen MR) is 142 cm³/mol. The molecular weight excluding hydrogens is 504 g/mol. The number of hydrogen-bond donors (Lipinski definition) is 1. The molecular formula is C29H23BrN2O3. The molecule has 0 aromatic heterocycles. The highest BCUT2D eigenvalue weighted by molar-refractivity contribution is 9.10. The lowest BCUT2D eigenvalue weighted by molar-refractivity contribution is -0.112. The molecule has 0 spiro atoms. The van der Waals surface area contributed by atoms with Gasteiger partial charge in [0.05, 0.1) is 7.11 Å². The maximum atomic E-state index is 12.7. The van der Waals surface area contributed by atoms with Crippen molar-refractivity contribution < 1.29 is 14.3 Å². The topological polar surface area (TPSA) is 71.3 Å². The van der Waals surface area contributed by atoms with E-state index in [2.05, 4.69) is 39.4 Å². The molecule has 0 saturated carbocycles. The number of nitrogens with one attached hydrogen (secondary N) is 1. The van der Waals surface area contributed by atoms with Crippen LogP contribution in [0, 0.1) is 18.3 Å². The zero-order valence-electron chi connectivity index (χ0n) is 19.3. The van der Waals surface area contributed by atoms with Gasteiger partial charge in [0.2, 0.25) is 0 Å². The zero-order chi connectivity index (χ0) is 24.8. The molecule has 0 saturated heterocycles. The van der Waals surface area contributed by atoms with Crippen LogP contribution in [0.3, 0.4) is 0 Å². The van der Waals surface area contributed by atoms with Gasteiger partial charge in [-0.05, 0) is 59.2 Å². The molecule has 0 radical (unpaired) electrons. The summed E-state index contributed by atoms with van der Waals surface area (Å²) in [6.45, 7) is 2.33. The van der Waals surface area contributed by atoms with Crippen molar-refractivity contribution >= 4 is 44.4 Å². The van der Waals surface area contributed by atoms with Crippen LogP contribution in [0.1, 0.15) is 16.7 Å². The van der Waals surface area contributed by atoms with Crippen molar-refractivity contribution in [3.05, 3.63) is 106 Å². The number of hydrogen-bond acceptors (Lipinski definition) is 4. The first-order chi connectivity index (χ1) is 17.0. The summed E-state index contributed by atoms with van der Waals surface area (Å²) >= 11 is 3.54.